The normalized spacial score (nSPS) is 34.2. The number of anilines is 1. The standard InChI is InChI=1S/C41H55ClN4O6S/c1-27-6-4-7-31(22-44-14-15-45(16-17-51-3)38(47)23-44)35-20-32-21-41(32,35)25-46-24-40(13-5-8-29-18-33(42)10-11-34(29)40)26-52-37-12-9-30(19-36(37)46)39(48)43-53(49,50)28(27)2/h9-12,18-19,27-28,31-32,35H,4-8,13-17,20-26H2,1-3H3,(H,43,48)/t27-,28?,31-,32?,35-,40-,41?/m0/s1. The number of halogens is 1. The summed E-state index contributed by atoms with van der Waals surface area (Å²) in [5.74, 6) is 1.75. The molecule has 0 aromatic heterocycles. The fourth-order valence-electron chi connectivity index (χ4n) is 10.7. The summed E-state index contributed by atoms with van der Waals surface area (Å²) in [7, 11) is -2.25. The molecule has 3 unspecified atom stereocenters. The first-order valence-corrected chi connectivity index (χ1v) is 21.7. The molecule has 6 aliphatic rings. The van der Waals surface area contributed by atoms with E-state index in [9.17, 15) is 18.0 Å². The quantitative estimate of drug-likeness (QED) is 0.425. The van der Waals surface area contributed by atoms with Crippen LogP contribution in [-0.2, 0) is 31.4 Å². The molecular formula is C41H55ClN4O6S. The Hall–Kier alpha value is -2.86. The van der Waals surface area contributed by atoms with E-state index in [1.54, 1.807) is 20.1 Å². The van der Waals surface area contributed by atoms with Gasteiger partial charge in [0.1, 0.15) is 5.75 Å². The summed E-state index contributed by atoms with van der Waals surface area (Å²) >= 11 is 6.51. The number of ether oxygens (including phenoxy) is 2. The highest BCUT2D eigenvalue weighted by Gasteiger charge is 2.69. The number of carbonyl (C=O) groups is 2. The van der Waals surface area contributed by atoms with Crippen LogP contribution in [0.5, 0.6) is 5.75 Å². The number of aryl methyl sites for hydroxylation is 1. The maximum Gasteiger partial charge on any atom is 0.264 e. The molecule has 2 spiro atoms. The van der Waals surface area contributed by atoms with Gasteiger partial charge in [0.2, 0.25) is 15.9 Å². The van der Waals surface area contributed by atoms with Crippen LogP contribution >= 0.6 is 11.6 Å². The SMILES string of the molecule is COCCN1CCN(C[C@@H]2CCC[C@H](C)C(C)S(=O)(=O)NC(=O)c3ccc4c(c3)N(CC35CC3C[C@@H]25)C[C@@]2(CCCc3cc(Cl)ccc32)CO4)CC1=O. The molecule has 53 heavy (non-hydrogen) atoms. The van der Waals surface area contributed by atoms with Gasteiger partial charge in [-0.3, -0.25) is 14.5 Å². The predicted molar refractivity (Wildman–Crippen MR) is 206 cm³/mol. The number of nitrogens with one attached hydrogen (secondary N) is 1. The molecule has 1 saturated heterocycles. The van der Waals surface area contributed by atoms with Gasteiger partial charge in [-0.25, -0.2) is 13.1 Å². The zero-order chi connectivity index (χ0) is 37.1. The number of hydrogen-bond donors (Lipinski definition) is 1. The van der Waals surface area contributed by atoms with Crippen molar-refractivity contribution in [3.63, 3.8) is 0 Å². The van der Waals surface area contributed by atoms with Gasteiger partial charge in [0.25, 0.3) is 5.91 Å². The Bertz CT molecular complexity index is 1860. The lowest BCUT2D eigenvalue weighted by Crippen LogP contribution is -2.54. The number of sulfonamides is 1. The molecule has 3 heterocycles. The molecule has 3 fully saturated rings. The summed E-state index contributed by atoms with van der Waals surface area (Å²) in [6, 6.07) is 11.7. The van der Waals surface area contributed by atoms with E-state index in [-0.39, 0.29) is 22.7 Å². The number of carbonyl (C=O) groups excluding carboxylic acids is 2. The van der Waals surface area contributed by atoms with Crippen molar-refractivity contribution in [1.29, 1.82) is 0 Å². The number of methoxy groups -OCH3 is 1. The zero-order valence-corrected chi connectivity index (χ0v) is 33.0. The second-order valence-electron chi connectivity index (χ2n) is 17.2. The molecule has 1 N–H and O–H groups in total. The molecule has 288 valence electrons. The summed E-state index contributed by atoms with van der Waals surface area (Å²) in [5.41, 5.74) is 3.66. The molecule has 2 saturated carbocycles. The smallest absolute Gasteiger partial charge is 0.264 e. The Labute approximate surface area is 319 Å². The van der Waals surface area contributed by atoms with E-state index in [2.05, 4.69) is 26.7 Å². The lowest BCUT2D eigenvalue weighted by atomic mass is 9.64. The van der Waals surface area contributed by atoms with E-state index in [0.717, 1.165) is 81.2 Å². The third-order valence-electron chi connectivity index (χ3n) is 14.1. The van der Waals surface area contributed by atoms with Crippen molar-refractivity contribution in [2.75, 3.05) is 71.0 Å². The molecule has 0 radical (unpaired) electrons. The van der Waals surface area contributed by atoms with Crippen molar-refractivity contribution >= 4 is 39.1 Å². The number of rotatable bonds is 5. The highest BCUT2D eigenvalue weighted by atomic mass is 35.5. The molecule has 10 nitrogen and oxygen atoms in total. The maximum atomic E-state index is 13.7. The Morgan fingerprint density at radius 3 is 2.68 bits per heavy atom. The average molecular weight is 767 g/mol. The lowest BCUT2D eigenvalue weighted by molar-refractivity contribution is -0.137. The first kappa shape index (κ1) is 37.1. The van der Waals surface area contributed by atoms with Gasteiger partial charge >= 0.3 is 0 Å². The van der Waals surface area contributed by atoms with Crippen LogP contribution in [-0.4, -0.2) is 101 Å². The van der Waals surface area contributed by atoms with Gasteiger partial charge in [0, 0.05) is 62.4 Å². The zero-order valence-electron chi connectivity index (χ0n) is 31.4. The van der Waals surface area contributed by atoms with Gasteiger partial charge in [0.15, 0.2) is 0 Å². The van der Waals surface area contributed by atoms with Gasteiger partial charge in [-0.2, -0.15) is 0 Å². The minimum Gasteiger partial charge on any atom is -0.490 e. The van der Waals surface area contributed by atoms with Gasteiger partial charge in [0.05, 0.1) is 30.7 Å². The van der Waals surface area contributed by atoms with Crippen molar-refractivity contribution < 1.29 is 27.5 Å². The maximum absolute atomic E-state index is 13.7. The van der Waals surface area contributed by atoms with Crippen LogP contribution in [0.3, 0.4) is 0 Å². The minimum absolute atomic E-state index is 0.121. The summed E-state index contributed by atoms with van der Waals surface area (Å²) in [5, 5.41) is 0.0259. The summed E-state index contributed by atoms with van der Waals surface area (Å²) in [6.07, 6.45) is 8.05. The molecule has 2 bridgehead atoms. The van der Waals surface area contributed by atoms with Crippen LogP contribution in [0.25, 0.3) is 0 Å². The molecule has 12 heteroatoms. The fourth-order valence-corrected chi connectivity index (χ4v) is 12.2. The Kier molecular flexibility index (Phi) is 10.0. The van der Waals surface area contributed by atoms with Crippen LogP contribution in [0.4, 0.5) is 5.69 Å². The van der Waals surface area contributed by atoms with Gasteiger partial charge < -0.3 is 19.3 Å². The second-order valence-corrected chi connectivity index (χ2v) is 19.7. The van der Waals surface area contributed by atoms with Crippen LogP contribution in [0, 0.1) is 29.1 Å². The predicted octanol–water partition coefficient (Wildman–Crippen LogP) is 5.51. The van der Waals surface area contributed by atoms with E-state index < -0.39 is 21.2 Å². The van der Waals surface area contributed by atoms with Crippen LogP contribution in [0.15, 0.2) is 36.4 Å². The van der Waals surface area contributed by atoms with Crippen LogP contribution < -0.4 is 14.4 Å². The second kappa shape index (κ2) is 14.3. The molecule has 2 aromatic rings. The van der Waals surface area contributed by atoms with Crippen molar-refractivity contribution in [2.24, 2.45) is 29.1 Å². The van der Waals surface area contributed by atoms with Crippen molar-refractivity contribution in [3.8, 4) is 5.75 Å². The van der Waals surface area contributed by atoms with Crippen LogP contribution in [0.1, 0.15) is 80.3 Å². The average Bonchev–Trinajstić information content (AvgIpc) is 3.73. The third kappa shape index (κ3) is 6.97. The van der Waals surface area contributed by atoms with Gasteiger partial charge in [-0.1, -0.05) is 31.0 Å². The van der Waals surface area contributed by atoms with E-state index in [1.807, 2.05) is 30.0 Å². The summed E-state index contributed by atoms with van der Waals surface area (Å²) < 4.78 is 41.6. The number of amides is 2. The molecule has 7 atom stereocenters. The summed E-state index contributed by atoms with van der Waals surface area (Å²) in [4.78, 5) is 33.6. The highest BCUT2D eigenvalue weighted by Crippen LogP contribution is 2.74. The Morgan fingerprint density at radius 2 is 1.91 bits per heavy atom. The van der Waals surface area contributed by atoms with Gasteiger partial charge in [-0.15, -0.1) is 0 Å². The Balaban J connectivity index is 1.15. The van der Waals surface area contributed by atoms with Gasteiger partial charge in [-0.05, 0) is 122 Å². The molecule has 3 aliphatic heterocycles. The number of hydrogen-bond acceptors (Lipinski definition) is 8. The minimum atomic E-state index is -3.92. The topological polar surface area (TPSA) is 108 Å². The van der Waals surface area contributed by atoms with E-state index in [1.165, 1.54) is 24.0 Å². The van der Waals surface area contributed by atoms with Crippen molar-refractivity contribution in [1.82, 2.24) is 14.5 Å². The monoisotopic (exact) mass is 766 g/mol. The highest BCUT2D eigenvalue weighted by molar-refractivity contribution is 7.90. The van der Waals surface area contributed by atoms with E-state index >= 15 is 0 Å². The lowest BCUT2D eigenvalue weighted by Gasteiger charge is -2.48. The molecule has 2 amide bonds. The van der Waals surface area contributed by atoms with Crippen molar-refractivity contribution in [3.05, 3.63) is 58.1 Å². The van der Waals surface area contributed by atoms with Crippen LogP contribution in [0.2, 0.25) is 5.02 Å². The molecule has 3 aliphatic carbocycles. The molecular weight excluding hydrogens is 712 g/mol. The number of nitrogens with zero attached hydrogens (tertiary/aromatic N) is 3. The Morgan fingerprint density at radius 1 is 1.06 bits per heavy atom. The number of fused-ring (bicyclic) bond motifs is 3. The largest absolute Gasteiger partial charge is 0.490 e. The number of benzene rings is 2. The molecule has 8 rings (SSSR count). The first-order chi connectivity index (χ1) is 25.4. The summed E-state index contributed by atoms with van der Waals surface area (Å²) in [6.45, 7) is 9.88. The third-order valence-corrected chi connectivity index (χ3v) is 16.3. The van der Waals surface area contributed by atoms with E-state index in [4.69, 9.17) is 21.1 Å². The van der Waals surface area contributed by atoms with Crippen molar-refractivity contribution in [2.45, 2.75) is 75.9 Å². The number of piperazine rings is 1. The van der Waals surface area contributed by atoms with E-state index in [0.29, 0.717) is 56.2 Å². The fraction of sp³-hybridized carbons (Fsp3) is 0.659. The molecule has 2 aromatic carbocycles. The first-order valence-electron chi connectivity index (χ1n) is 19.8.